The lowest BCUT2D eigenvalue weighted by Gasteiger charge is -2.32. The molecule has 1 saturated heterocycles. The minimum absolute atomic E-state index is 0.0466. The Morgan fingerprint density at radius 2 is 2.08 bits per heavy atom. The number of halogens is 4. The van der Waals surface area contributed by atoms with Crippen molar-refractivity contribution < 1.29 is 22.3 Å². The van der Waals surface area contributed by atoms with Crippen molar-refractivity contribution in [1.82, 2.24) is 9.55 Å². The van der Waals surface area contributed by atoms with Gasteiger partial charge in [0.2, 0.25) is 0 Å². The maximum atomic E-state index is 14.5. The van der Waals surface area contributed by atoms with Gasteiger partial charge in [-0.25, -0.2) is 9.37 Å². The minimum Gasteiger partial charge on any atom is -0.375 e. The van der Waals surface area contributed by atoms with Crippen LogP contribution in [0.2, 0.25) is 0 Å². The third-order valence-corrected chi connectivity index (χ3v) is 3.85. The lowest BCUT2D eigenvalue weighted by molar-refractivity contribution is -0.140. The third kappa shape index (κ3) is 3.51. The van der Waals surface area contributed by atoms with Crippen molar-refractivity contribution in [3.63, 3.8) is 0 Å². The summed E-state index contributed by atoms with van der Waals surface area (Å²) in [5, 5.41) is 0. The van der Waals surface area contributed by atoms with Gasteiger partial charge in [-0.1, -0.05) is 6.07 Å². The van der Waals surface area contributed by atoms with E-state index < -0.39 is 28.9 Å². The first kappa shape index (κ1) is 17.4. The highest BCUT2D eigenvalue weighted by Gasteiger charge is 2.37. The number of hydrogen-bond acceptors (Lipinski definition) is 4. The van der Waals surface area contributed by atoms with Crippen molar-refractivity contribution in [1.29, 1.82) is 0 Å². The van der Waals surface area contributed by atoms with E-state index in [2.05, 4.69) is 4.98 Å². The minimum atomic E-state index is -4.91. The maximum absolute atomic E-state index is 14.5. The fourth-order valence-corrected chi connectivity index (χ4v) is 2.66. The molecule has 0 spiro atoms. The second-order valence-electron chi connectivity index (χ2n) is 5.70. The number of rotatable bonds is 2. The molecule has 5 nitrogen and oxygen atoms in total. The van der Waals surface area contributed by atoms with Crippen molar-refractivity contribution in [2.24, 2.45) is 0 Å². The number of aromatic nitrogens is 2. The molecule has 3 heterocycles. The molecule has 1 aliphatic rings. The van der Waals surface area contributed by atoms with Crippen LogP contribution in [0.25, 0.3) is 5.82 Å². The van der Waals surface area contributed by atoms with Crippen LogP contribution in [0.5, 0.6) is 0 Å². The van der Waals surface area contributed by atoms with E-state index in [4.69, 9.17) is 4.74 Å². The lowest BCUT2D eigenvalue weighted by atomic mass is 10.2. The Morgan fingerprint density at radius 1 is 1.32 bits per heavy atom. The van der Waals surface area contributed by atoms with Crippen LogP contribution in [-0.4, -0.2) is 35.4 Å². The standard InChI is InChI=1S/C16H15F4N3O2/c1-10-9-22(6-7-25-10)12-8-11(16(18,19)20)14(17)15(21-12)23-5-3-2-4-13(23)24/h2-5,8,10H,6-7,9H2,1H3/t10-/m1/s1. The first-order valence-electron chi connectivity index (χ1n) is 7.59. The fraction of sp³-hybridized carbons (Fsp3) is 0.375. The zero-order valence-corrected chi connectivity index (χ0v) is 13.3. The SMILES string of the molecule is C[C@@H]1CN(c2cc(C(F)(F)F)c(F)c(-n3ccccc3=O)n2)CCO1. The smallest absolute Gasteiger partial charge is 0.375 e. The van der Waals surface area contributed by atoms with Crippen molar-refractivity contribution >= 4 is 5.82 Å². The van der Waals surface area contributed by atoms with E-state index in [0.29, 0.717) is 25.8 Å². The summed E-state index contributed by atoms with van der Waals surface area (Å²) in [5.74, 6) is -2.30. The van der Waals surface area contributed by atoms with E-state index >= 15 is 0 Å². The average Bonchev–Trinajstić information content (AvgIpc) is 2.55. The summed E-state index contributed by atoms with van der Waals surface area (Å²) in [6.45, 7) is 2.74. The zero-order valence-electron chi connectivity index (χ0n) is 13.3. The molecule has 0 amide bonds. The Labute approximate surface area is 140 Å². The van der Waals surface area contributed by atoms with Crippen molar-refractivity contribution in [2.75, 3.05) is 24.6 Å². The van der Waals surface area contributed by atoms with E-state index in [-0.39, 0.29) is 11.9 Å². The Bertz CT molecular complexity index is 835. The molecule has 0 unspecified atom stereocenters. The normalized spacial score (nSPS) is 18.4. The molecule has 134 valence electrons. The molecular weight excluding hydrogens is 342 g/mol. The number of morpholine rings is 1. The van der Waals surface area contributed by atoms with E-state index in [1.54, 1.807) is 11.8 Å². The summed E-state index contributed by atoms with van der Waals surface area (Å²) in [6.07, 6.45) is -3.93. The average molecular weight is 357 g/mol. The molecule has 1 aliphatic heterocycles. The van der Waals surface area contributed by atoms with Crippen LogP contribution in [0, 0.1) is 5.82 Å². The molecule has 0 radical (unpaired) electrons. The van der Waals surface area contributed by atoms with Gasteiger partial charge in [-0.15, -0.1) is 0 Å². The summed E-state index contributed by atoms with van der Waals surface area (Å²) >= 11 is 0. The van der Waals surface area contributed by atoms with Gasteiger partial charge in [0.1, 0.15) is 5.82 Å². The summed E-state index contributed by atoms with van der Waals surface area (Å²) in [5.41, 5.74) is -2.13. The Morgan fingerprint density at radius 3 is 2.72 bits per heavy atom. The van der Waals surface area contributed by atoms with Crippen molar-refractivity contribution in [2.45, 2.75) is 19.2 Å². The zero-order chi connectivity index (χ0) is 18.2. The predicted molar refractivity (Wildman–Crippen MR) is 82.4 cm³/mol. The van der Waals surface area contributed by atoms with Gasteiger partial charge in [-0.05, 0) is 19.1 Å². The quantitative estimate of drug-likeness (QED) is 0.776. The molecule has 9 heteroatoms. The Hall–Kier alpha value is -2.42. The summed E-state index contributed by atoms with van der Waals surface area (Å²) in [7, 11) is 0. The molecule has 0 aromatic carbocycles. The molecule has 0 aliphatic carbocycles. The van der Waals surface area contributed by atoms with Gasteiger partial charge < -0.3 is 9.64 Å². The van der Waals surface area contributed by atoms with E-state index in [1.165, 1.54) is 18.3 Å². The van der Waals surface area contributed by atoms with Gasteiger partial charge in [0.05, 0.1) is 18.3 Å². The van der Waals surface area contributed by atoms with E-state index in [0.717, 1.165) is 10.6 Å². The van der Waals surface area contributed by atoms with Crippen LogP contribution in [-0.2, 0) is 10.9 Å². The highest BCUT2D eigenvalue weighted by molar-refractivity contribution is 5.49. The molecule has 0 saturated carbocycles. The molecule has 2 aromatic rings. The van der Waals surface area contributed by atoms with Crippen LogP contribution in [0.15, 0.2) is 35.3 Å². The molecule has 0 N–H and O–H groups in total. The number of alkyl halides is 3. The first-order valence-corrected chi connectivity index (χ1v) is 7.59. The van der Waals surface area contributed by atoms with Gasteiger partial charge >= 0.3 is 6.18 Å². The fourth-order valence-electron chi connectivity index (χ4n) is 2.66. The van der Waals surface area contributed by atoms with Crippen molar-refractivity contribution in [3.05, 3.63) is 52.2 Å². The topological polar surface area (TPSA) is 47.4 Å². The highest BCUT2D eigenvalue weighted by atomic mass is 19.4. The van der Waals surface area contributed by atoms with Gasteiger partial charge in [-0.2, -0.15) is 13.2 Å². The number of hydrogen-bond donors (Lipinski definition) is 0. The molecule has 1 fully saturated rings. The molecule has 2 aromatic heterocycles. The number of pyridine rings is 2. The van der Waals surface area contributed by atoms with E-state index in [9.17, 15) is 22.4 Å². The summed E-state index contributed by atoms with van der Waals surface area (Å²) in [4.78, 5) is 17.5. The largest absolute Gasteiger partial charge is 0.419 e. The van der Waals surface area contributed by atoms with Gasteiger partial charge in [-0.3, -0.25) is 9.36 Å². The molecule has 3 rings (SSSR count). The van der Waals surface area contributed by atoms with Crippen LogP contribution >= 0.6 is 0 Å². The predicted octanol–water partition coefficient (Wildman–Crippen LogP) is 2.62. The van der Waals surface area contributed by atoms with Crippen LogP contribution in [0.4, 0.5) is 23.4 Å². The number of anilines is 1. The van der Waals surface area contributed by atoms with Gasteiger partial charge in [0, 0.05) is 25.4 Å². The molecule has 0 bridgehead atoms. The highest BCUT2D eigenvalue weighted by Crippen LogP contribution is 2.35. The second-order valence-corrected chi connectivity index (χ2v) is 5.70. The molecular formula is C16H15F4N3O2. The Kier molecular flexibility index (Phi) is 4.51. The summed E-state index contributed by atoms with van der Waals surface area (Å²) in [6, 6.07) is 4.62. The van der Waals surface area contributed by atoms with E-state index in [1.807, 2.05) is 0 Å². The number of nitrogens with zero attached hydrogens (tertiary/aromatic N) is 3. The van der Waals surface area contributed by atoms with Gasteiger partial charge in [0.25, 0.3) is 5.56 Å². The van der Waals surface area contributed by atoms with Crippen LogP contribution in [0.3, 0.4) is 0 Å². The number of ether oxygens (including phenoxy) is 1. The first-order chi connectivity index (χ1) is 11.8. The second kappa shape index (κ2) is 6.47. The molecule has 1 atom stereocenters. The maximum Gasteiger partial charge on any atom is 0.419 e. The lowest BCUT2D eigenvalue weighted by Crippen LogP contribution is -2.42. The van der Waals surface area contributed by atoms with Gasteiger partial charge in [0.15, 0.2) is 11.6 Å². The summed E-state index contributed by atoms with van der Waals surface area (Å²) < 4.78 is 60.4. The Balaban J connectivity index is 2.19. The van der Waals surface area contributed by atoms with Crippen LogP contribution in [0.1, 0.15) is 12.5 Å². The molecule has 25 heavy (non-hydrogen) atoms. The monoisotopic (exact) mass is 357 g/mol. The van der Waals surface area contributed by atoms with Crippen molar-refractivity contribution in [3.8, 4) is 5.82 Å². The van der Waals surface area contributed by atoms with Crippen LogP contribution < -0.4 is 10.5 Å². The third-order valence-electron chi connectivity index (χ3n) is 3.85.